The highest BCUT2D eigenvalue weighted by molar-refractivity contribution is 7.13. The number of hydrogen-bond acceptors (Lipinski definition) is 4. The SMILES string of the molecule is O=C(NC1CCCCC1)c1csc(N2CCCC2)n1. The lowest BCUT2D eigenvalue weighted by Gasteiger charge is -2.22. The van der Waals surface area contributed by atoms with Gasteiger partial charge in [0.05, 0.1) is 0 Å². The van der Waals surface area contributed by atoms with Crippen LogP contribution in [0.1, 0.15) is 55.4 Å². The smallest absolute Gasteiger partial charge is 0.271 e. The molecule has 1 amide bonds. The Morgan fingerprint density at radius 2 is 1.95 bits per heavy atom. The number of nitrogens with one attached hydrogen (secondary N) is 1. The molecule has 1 saturated heterocycles. The predicted molar refractivity (Wildman–Crippen MR) is 77.9 cm³/mol. The fourth-order valence-corrected chi connectivity index (χ4v) is 3.79. The second kappa shape index (κ2) is 5.90. The molecule has 0 radical (unpaired) electrons. The number of carbonyl (C=O) groups is 1. The maximum atomic E-state index is 12.2. The topological polar surface area (TPSA) is 45.2 Å². The molecule has 1 N–H and O–H groups in total. The summed E-state index contributed by atoms with van der Waals surface area (Å²) in [5.41, 5.74) is 0.595. The van der Waals surface area contributed by atoms with Crippen LogP contribution in [-0.4, -0.2) is 30.0 Å². The first-order chi connectivity index (χ1) is 9.33. The number of nitrogens with zero attached hydrogens (tertiary/aromatic N) is 2. The molecule has 2 heterocycles. The lowest BCUT2D eigenvalue weighted by molar-refractivity contribution is 0.0923. The zero-order valence-electron chi connectivity index (χ0n) is 11.2. The highest BCUT2D eigenvalue weighted by Gasteiger charge is 2.20. The fourth-order valence-electron chi connectivity index (χ4n) is 2.93. The highest BCUT2D eigenvalue weighted by atomic mass is 32.1. The zero-order chi connectivity index (χ0) is 13.1. The largest absolute Gasteiger partial charge is 0.348 e. The zero-order valence-corrected chi connectivity index (χ0v) is 12.0. The van der Waals surface area contributed by atoms with Gasteiger partial charge in [-0.15, -0.1) is 11.3 Å². The summed E-state index contributed by atoms with van der Waals surface area (Å²) in [6.45, 7) is 2.16. The van der Waals surface area contributed by atoms with Crippen molar-refractivity contribution >= 4 is 22.4 Å². The van der Waals surface area contributed by atoms with E-state index in [1.54, 1.807) is 11.3 Å². The first-order valence-electron chi connectivity index (χ1n) is 7.34. The van der Waals surface area contributed by atoms with Gasteiger partial charge in [-0.3, -0.25) is 4.79 Å². The van der Waals surface area contributed by atoms with Gasteiger partial charge in [-0.1, -0.05) is 19.3 Å². The van der Waals surface area contributed by atoms with E-state index in [9.17, 15) is 4.79 Å². The molecular weight excluding hydrogens is 258 g/mol. The van der Waals surface area contributed by atoms with Gasteiger partial charge < -0.3 is 10.2 Å². The lowest BCUT2D eigenvalue weighted by Crippen LogP contribution is -2.36. The molecule has 0 unspecified atom stereocenters. The standard InChI is InChI=1S/C14H21N3OS/c18-13(15-11-6-2-1-3-7-11)12-10-19-14(16-12)17-8-4-5-9-17/h10-11H,1-9H2,(H,15,18). The first kappa shape index (κ1) is 12.9. The Bertz CT molecular complexity index is 434. The van der Waals surface area contributed by atoms with Crippen molar-refractivity contribution in [1.29, 1.82) is 0 Å². The molecular formula is C14H21N3OS. The van der Waals surface area contributed by atoms with Crippen molar-refractivity contribution < 1.29 is 4.79 Å². The van der Waals surface area contributed by atoms with Gasteiger partial charge in [0.2, 0.25) is 0 Å². The van der Waals surface area contributed by atoms with Gasteiger partial charge in [-0.25, -0.2) is 4.98 Å². The van der Waals surface area contributed by atoms with Crippen LogP contribution in [0.15, 0.2) is 5.38 Å². The number of hydrogen-bond donors (Lipinski definition) is 1. The average Bonchev–Trinajstić information content (AvgIpc) is 3.11. The van der Waals surface area contributed by atoms with Crippen LogP contribution in [0.25, 0.3) is 0 Å². The second-order valence-corrected chi connectivity index (χ2v) is 6.35. The highest BCUT2D eigenvalue weighted by Crippen LogP contribution is 2.24. The average molecular weight is 279 g/mol. The van der Waals surface area contributed by atoms with E-state index >= 15 is 0 Å². The van der Waals surface area contributed by atoms with Gasteiger partial charge in [-0.05, 0) is 25.7 Å². The Hall–Kier alpha value is -1.10. The number of anilines is 1. The van der Waals surface area contributed by atoms with Gasteiger partial charge in [0.1, 0.15) is 5.69 Å². The molecule has 0 atom stereocenters. The Morgan fingerprint density at radius 1 is 1.21 bits per heavy atom. The van der Waals surface area contributed by atoms with Crippen molar-refractivity contribution in [3.8, 4) is 0 Å². The number of thiazole rings is 1. The maximum Gasteiger partial charge on any atom is 0.271 e. The van der Waals surface area contributed by atoms with Crippen LogP contribution in [-0.2, 0) is 0 Å². The maximum absolute atomic E-state index is 12.2. The molecule has 0 aromatic carbocycles. The molecule has 2 fully saturated rings. The number of carbonyl (C=O) groups excluding carboxylic acids is 1. The van der Waals surface area contributed by atoms with Crippen molar-refractivity contribution in [3.63, 3.8) is 0 Å². The van der Waals surface area contributed by atoms with E-state index in [0.29, 0.717) is 11.7 Å². The molecule has 1 aliphatic carbocycles. The van der Waals surface area contributed by atoms with Crippen LogP contribution in [0.3, 0.4) is 0 Å². The molecule has 2 aliphatic rings. The van der Waals surface area contributed by atoms with Gasteiger partial charge in [-0.2, -0.15) is 0 Å². The summed E-state index contributed by atoms with van der Waals surface area (Å²) in [4.78, 5) is 18.9. The third-order valence-electron chi connectivity index (χ3n) is 4.04. The van der Waals surface area contributed by atoms with E-state index < -0.39 is 0 Å². The molecule has 1 saturated carbocycles. The normalized spacial score (nSPS) is 20.7. The monoisotopic (exact) mass is 279 g/mol. The van der Waals surface area contributed by atoms with Crippen LogP contribution < -0.4 is 10.2 Å². The number of aromatic nitrogens is 1. The van der Waals surface area contributed by atoms with Crippen molar-refractivity contribution in [2.45, 2.75) is 51.0 Å². The summed E-state index contributed by atoms with van der Waals surface area (Å²) in [5, 5.41) is 6.03. The quantitative estimate of drug-likeness (QED) is 0.925. The first-order valence-corrected chi connectivity index (χ1v) is 8.22. The summed E-state index contributed by atoms with van der Waals surface area (Å²) >= 11 is 1.59. The van der Waals surface area contributed by atoms with E-state index in [1.165, 1.54) is 32.1 Å². The molecule has 104 valence electrons. The fraction of sp³-hybridized carbons (Fsp3) is 0.714. The van der Waals surface area contributed by atoms with E-state index in [-0.39, 0.29) is 5.91 Å². The van der Waals surface area contributed by atoms with Crippen molar-refractivity contribution in [2.24, 2.45) is 0 Å². The van der Waals surface area contributed by atoms with E-state index in [1.807, 2.05) is 5.38 Å². The van der Waals surface area contributed by atoms with Crippen LogP contribution in [0.4, 0.5) is 5.13 Å². The van der Waals surface area contributed by atoms with Crippen molar-refractivity contribution in [3.05, 3.63) is 11.1 Å². The van der Waals surface area contributed by atoms with Gasteiger partial charge in [0.25, 0.3) is 5.91 Å². The van der Waals surface area contributed by atoms with E-state index in [0.717, 1.165) is 31.1 Å². The van der Waals surface area contributed by atoms with Gasteiger partial charge in [0, 0.05) is 24.5 Å². The lowest BCUT2D eigenvalue weighted by atomic mass is 9.95. The predicted octanol–water partition coefficient (Wildman–Crippen LogP) is 2.81. The van der Waals surface area contributed by atoms with Crippen LogP contribution in [0.5, 0.6) is 0 Å². The summed E-state index contributed by atoms with van der Waals surface area (Å²) in [6, 6.07) is 0.359. The molecule has 19 heavy (non-hydrogen) atoms. The minimum atomic E-state index is 0.00796. The Balaban J connectivity index is 1.59. The van der Waals surface area contributed by atoms with E-state index in [2.05, 4.69) is 15.2 Å². The van der Waals surface area contributed by atoms with Gasteiger partial charge >= 0.3 is 0 Å². The minimum Gasteiger partial charge on any atom is -0.348 e. The summed E-state index contributed by atoms with van der Waals surface area (Å²) < 4.78 is 0. The molecule has 4 nitrogen and oxygen atoms in total. The Kier molecular flexibility index (Phi) is 4.01. The molecule has 5 heteroatoms. The summed E-state index contributed by atoms with van der Waals surface area (Å²) in [7, 11) is 0. The molecule has 1 aromatic heterocycles. The summed E-state index contributed by atoms with van der Waals surface area (Å²) in [5.74, 6) is 0.00796. The van der Waals surface area contributed by atoms with Crippen molar-refractivity contribution in [1.82, 2.24) is 10.3 Å². The molecule has 0 spiro atoms. The van der Waals surface area contributed by atoms with Gasteiger partial charge in [0.15, 0.2) is 5.13 Å². The molecule has 1 aromatic rings. The van der Waals surface area contributed by atoms with Crippen LogP contribution >= 0.6 is 11.3 Å². The summed E-state index contributed by atoms with van der Waals surface area (Å²) in [6.07, 6.45) is 8.50. The third kappa shape index (κ3) is 3.08. The molecule has 1 aliphatic heterocycles. The number of amides is 1. The minimum absolute atomic E-state index is 0.00796. The third-order valence-corrected chi connectivity index (χ3v) is 4.94. The van der Waals surface area contributed by atoms with Crippen molar-refractivity contribution in [2.75, 3.05) is 18.0 Å². The Morgan fingerprint density at radius 3 is 2.68 bits per heavy atom. The number of rotatable bonds is 3. The van der Waals surface area contributed by atoms with Crippen LogP contribution in [0.2, 0.25) is 0 Å². The van der Waals surface area contributed by atoms with E-state index in [4.69, 9.17) is 0 Å². The molecule has 3 rings (SSSR count). The Labute approximate surface area is 118 Å². The van der Waals surface area contributed by atoms with Crippen LogP contribution in [0, 0.1) is 0 Å². The molecule has 0 bridgehead atoms. The second-order valence-electron chi connectivity index (χ2n) is 5.52.